The molecule has 0 fully saturated rings. The Balaban J connectivity index is 1.96. The maximum atomic E-state index is 9.13. The zero-order valence-corrected chi connectivity index (χ0v) is 12.4. The molecule has 2 rings (SSSR count). The molecule has 0 bridgehead atoms. The van der Waals surface area contributed by atoms with E-state index in [0.717, 1.165) is 34.7 Å². The van der Waals surface area contributed by atoms with Crippen molar-refractivity contribution < 1.29 is 14.6 Å². The number of rotatable bonds is 7. The van der Waals surface area contributed by atoms with Crippen LogP contribution in [0.4, 0.5) is 0 Å². The zero-order chi connectivity index (χ0) is 15.1. The third kappa shape index (κ3) is 4.21. The van der Waals surface area contributed by atoms with Crippen molar-refractivity contribution in [2.24, 2.45) is 0 Å². The molecule has 0 unspecified atom stereocenters. The zero-order valence-electron chi connectivity index (χ0n) is 12.4. The molecule has 0 aliphatic rings. The molecule has 0 radical (unpaired) electrons. The van der Waals surface area contributed by atoms with Gasteiger partial charge < -0.3 is 19.9 Å². The van der Waals surface area contributed by atoms with Crippen LogP contribution in [0.15, 0.2) is 42.5 Å². The van der Waals surface area contributed by atoms with Crippen molar-refractivity contribution in [1.29, 1.82) is 0 Å². The van der Waals surface area contributed by atoms with E-state index in [-0.39, 0.29) is 6.61 Å². The van der Waals surface area contributed by atoms with Gasteiger partial charge in [0.25, 0.3) is 0 Å². The molecule has 2 aromatic carbocycles. The summed E-state index contributed by atoms with van der Waals surface area (Å²) in [6.07, 6.45) is 0. The highest BCUT2D eigenvalue weighted by Gasteiger charge is 2.04. The summed E-state index contributed by atoms with van der Waals surface area (Å²) in [7, 11) is 3.30. The first-order chi connectivity index (χ1) is 10.3. The van der Waals surface area contributed by atoms with E-state index in [2.05, 4.69) is 5.32 Å². The van der Waals surface area contributed by atoms with Crippen molar-refractivity contribution in [1.82, 2.24) is 5.32 Å². The first kappa shape index (κ1) is 15.4. The van der Waals surface area contributed by atoms with Crippen LogP contribution in [-0.2, 0) is 19.7 Å². The summed E-state index contributed by atoms with van der Waals surface area (Å²) >= 11 is 0. The fourth-order valence-corrected chi connectivity index (χ4v) is 2.18. The summed E-state index contributed by atoms with van der Waals surface area (Å²) in [6.45, 7) is 1.51. The fraction of sp³-hybridized carbons (Fsp3) is 0.294. The van der Waals surface area contributed by atoms with Gasteiger partial charge in [-0.2, -0.15) is 0 Å². The Morgan fingerprint density at radius 2 is 1.76 bits per heavy atom. The first-order valence-electron chi connectivity index (χ1n) is 6.87. The molecule has 0 aliphatic heterocycles. The summed E-state index contributed by atoms with van der Waals surface area (Å²) in [4.78, 5) is 0. The lowest BCUT2D eigenvalue weighted by Crippen LogP contribution is -2.13. The molecule has 2 N–H and O–H groups in total. The lowest BCUT2D eigenvalue weighted by Gasteiger charge is -2.11. The van der Waals surface area contributed by atoms with E-state index >= 15 is 0 Å². The SMILES string of the molecule is COc1ccc(CNCc2cccc(CO)c2)c(OC)c1. The number of ether oxygens (including phenoxy) is 2. The van der Waals surface area contributed by atoms with Gasteiger partial charge in [-0.05, 0) is 17.2 Å². The Hall–Kier alpha value is -2.04. The molecule has 0 amide bonds. The Labute approximate surface area is 125 Å². The van der Waals surface area contributed by atoms with E-state index in [1.54, 1.807) is 14.2 Å². The average Bonchev–Trinajstić information content (AvgIpc) is 2.55. The van der Waals surface area contributed by atoms with Crippen LogP contribution >= 0.6 is 0 Å². The minimum atomic E-state index is 0.0696. The second-order valence-corrected chi connectivity index (χ2v) is 4.76. The van der Waals surface area contributed by atoms with E-state index in [1.165, 1.54) is 0 Å². The maximum absolute atomic E-state index is 9.13. The predicted molar refractivity (Wildman–Crippen MR) is 82.5 cm³/mol. The molecule has 0 heterocycles. The normalized spacial score (nSPS) is 10.4. The van der Waals surface area contributed by atoms with Gasteiger partial charge in [0.2, 0.25) is 0 Å². The molecule has 0 aliphatic carbocycles. The van der Waals surface area contributed by atoms with Crippen molar-refractivity contribution in [2.75, 3.05) is 14.2 Å². The van der Waals surface area contributed by atoms with Crippen molar-refractivity contribution in [3.8, 4) is 11.5 Å². The van der Waals surface area contributed by atoms with Crippen molar-refractivity contribution >= 4 is 0 Å². The summed E-state index contributed by atoms with van der Waals surface area (Å²) < 4.78 is 10.6. The molecule has 0 aromatic heterocycles. The van der Waals surface area contributed by atoms with Crippen molar-refractivity contribution in [2.45, 2.75) is 19.7 Å². The Morgan fingerprint density at radius 1 is 0.952 bits per heavy atom. The van der Waals surface area contributed by atoms with Crippen LogP contribution in [0.25, 0.3) is 0 Å². The summed E-state index contributed by atoms with van der Waals surface area (Å²) in [6, 6.07) is 13.7. The van der Waals surface area contributed by atoms with Crippen molar-refractivity contribution in [3.05, 3.63) is 59.2 Å². The van der Waals surface area contributed by atoms with Crippen LogP contribution in [0.3, 0.4) is 0 Å². The van der Waals surface area contributed by atoms with Crippen LogP contribution in [0.2, 0.25) is 0 Å². The van der Waals surface area contributed by atoms with Gasteiger partial charge in [-0.25, -0.2) is 0 Å². The highest BCUT2D eigenvalue weighted by Crippen LogP contribution is 2.24. The van der Waals surface area contributed by atoms with Gasteiger partial charge in [0, 0.05) is 24.7 Å². The molecule has 2 aromatic rings. The lowest BCUT2D eigenvalue weighted by molar-refractivity contribution is 0.281. The van der Waals surface area contributed by atoms with Crippen LogP contribution in [0.1, 0.15) is 16.7 Å². The first-order valence-corrected chi connectivity index (χ1v) is 6.87. The van der Waals surface area contributed by atoms with Crippen LogP contribution in [0.5, 0.6) is 11.5 Å². The molecule has 0 saturated heterocycles. The minimum Gasteiger partial charge on any atom is -0.497 e. The third-order valence-corrected chi connectivity index (χ3v) is 3.31. The van der Waals surface area contributed by atoms with Gasteiger partial charge in [0.1, 0.15) is 11.5 Å². The second kappa shape index (κ2) is 7.67. The van der Waals surface area contributed by atoms with Gasteiger partial charge in [-0.1, -0.05) is 30.3 Å². The van der Waals surface area contributed by atoms with Crippen LogP contribution in [-0.4, -0.2) is 19.3 Å². The monoisotopic (exact) mass is 287 g/mol. The van der Waals surface area contributed by atoms with E-state index in [9.17, 15) is 0 Å². The maximum Gasteiger partial charge on any atom is 0.127 e. The smallest absolute Gasteiger partial charge is 0.127 e. The van der Waals surface area contributed by atoms with Crippen LogP contribution < -0.4 is 14.8 Å². The van der Waals surface area contributed by atoms with Crippen LogP contribution in [0, 0.1) is 0 Å². The number of aliphatic hydroxyl groups excluding tert-OH is 1. The minimum absolute atomic E-state index is 0.0696. The van der Waals surface area contributed by atoms with Gasteiger partial charge in [0.05, 0.1) is 20.8 Å². The number of hydrogen-bond acceptors (Lipinski definition) is 4. The Kier molecular flexibility index (Phi) is 5.60. The number of benzene rings is 2. The van der Waals surface area contributed by atoms with E-state index < -0.39 is 0 Å². The summed E-state index contributed by atoms with van der Waals surface area (Å²) in [5.41, 5.74) is 3.15. The molecule has 4 heteroatoms. The predicted octanol–water partition coefficient (Wildman–Crippen LogP) is 2.49. The molecule has 0 atom stereocenters. The Bertz CT molecular complexity index is 584. The molecular formula is C17H21NO3. The van der Waals surface area contributed by atoms with E-state index in [4.69, 9.17) is 14.6 Å². The largest absolute Gasteiger partial charge is 0.497 e. The molecule has 0 saturated carbocycles. The fourth-order valence-electron chi connectivity index (χ4n) is 2.18. The third-order valence-electron chi connectivity index (χ3n) is 3.31. The molecule has 0 spiro atoms. The van der Waals surface area contributed by atoms with Gasteiger partial charge in [-0.15, -0.1) is 0 Å². The number of hydrogen-bond donors (Lipinski definition) is 2. The topological polar surface area (TPSA) is 50.7 Å². The summed E-state index contributed by atoms with van der Waals surface area (Å²) in [5, 5.41) is 12.5. The van der Waals surface area contributed by atoms with Gasteiger partial charge >= 0.3 is 0 Å². The molecule has 112 valence electrons. The van der Waals surface area contributed by atoms with Crippen molar-refractivity contribution in [3.63, 3.8) is 0 Å². The lowest BCUT2D eigenvalue weighted by atomic mass is 10.1. The van der Waals surface area contributed by atoms with Gasteiger partial charge in [-0.3, -0.25) is 0 Å². The van der Waals surface area contributed by atoms with E-state index in [1.807, 2.05) is 42.5 Å². The van der Waals surface area contributed by atoms with E-state index in [0.29, 0.717) is 6.54 Å². The standard InChI is InChI=1S/C17H21NO3/c1-20-16-7-6-15(17(9-16)21-2)11-18-10-13-4-3-5-14(8-13)12-19/h3-9,18-19H,10-12H2,1-2H3. The highest BCUT2D eigenvalue weighted by molar-refractivity contribution is 5.40. The highest BCUT2D eigenvalue weighted by atomic mass is 16.5. The Morgan fingerprint density at radius 3 is 2.48 bits per heavy atom. The average molecular weight is 287 g/mol. The molecular weight excluding hydrogens is 266 g/mol. The summed E-state index contributed by atoms with van der Waals surface area (Å²) in [5.74, 6) is 1.59. The molecule has 21 heavy (non-hydrogen) atoms. The second-order valence-electron chi connectivity index (χ2n) is 4.76. The number of nitrogens with one attached hydrogen (secondary N) is 1. The quantitative estimate of drug-likeness (QED) is 0.821. The number of aliphatic hydroxyl groups is 1. The molecule has 4 nitrogen and oxygen atoms in total. The van der Waals surface area contributed by atoms with Gasteiger partial charge in [0.15, 0.2) is 0 Å². The number of methoxy groups -OCH3 is 2.